The number of hydrogen-bond acceptors (Lipinski definition) is 3. The molecule has 2 aromatic carbocycles. The van der Waals surface area contributed by atoms with Crippen molar-refractivity contribution in [2.45, 2.75) is 12.2 Å². The third-order valence-electron chi connectivity index (χ3n) is 2.93. The van der Waals surface area contributed by atoms with E-state index in [0.29, 0.717) is 11.0 Å². The molecular weight excluding hydrogens is 230 g/mol. The molecule has 0 unspecified atom stereocenters. The van der Waals surface area contributed by atoms with Crippen LogP contribution in [-0.4, -0.2) is 21.9 Å². The van der Waals surface area contributed by atoms with Gasteiger partial charge in [-0.25, -0.2) is 0 Å². The van der Waals surface area contributed by atoms with Crippen LogP contribution in [0.25, 0.3) is 10.8 Å². The fourth-order valence-corrected chi connectivity index (χ4v) is 3.11. The van der Waals surface area contributed by atoms with Gasteiger partial charge in [-0.15, -0.1) is 11.8 Å². The topological polar surface area (TPSA) is 32.6 Å². The summed E-state index contributed by atoms with van der Waals surface area (Å²) in [5.41, 5.74) is 0.887. The van der Waals surface area contributed by atoms with E-state index in [1.807, 2.05) is 24.3 Å². The molecule has 0 radical (unpaired) electrons. The van der Waals surface area contributed by atoms with E-state index in [1.165, 1.54) is 0 Å². The van der Waals surface area contributed by atoms with Crippen molar-refractivity contribution in [3.8, 4) is 5.75 Å². The Morgan fingerprint density at radius 3 is 2.82 bits per heavy atom. The first-order chi connectivity index (χ1) is 8.25. The van der Waals surface area contributed by atoms with Crippen molar-refractivity contribution >= 4 is 27.6 Å². The second-order valence-electron chi connectivity index (χ2n) is 4.26. The number of nitrogens with zero attached hydrogens (tertiary/aromatic N) is 1. The zero-order chi connectivity index (χ0) is 11.8. The molecule has 1 heterocycles. The molecule has 2 nitrogen and oxygen atoms in total. The second kappa shape index (κ2) is 4.08. The first kappa shape index (κ1) is 10.7. The molecular formula is C14H13NOS. The Balaban J connectivity index is 2.24. The maximum absolute atomic E-state index is 10.1. The minimum atomic E-state index is 0.323. The molecule has 1 N–H and O–H groups in total. The van der Waals surface area contributed by atoms with Crippen molar-refractivity contribution in [1.82, 2.24) is 0 Å². The summed E-state index contributed by atoms with van der Waals surface area (Å²) in [6.07, 6.45) is 0. The van der Waals surface area contributed by atoms with E-state index in [9.17, 15) is 5.11 Å². The summed E-state index contributed by atoms with van der Waals surface area (Å²) in [5, 5.41) is 13.7. The normalized spacial score (nSPS) is 19.6. The monoisotopic (exact) mass is 243 g/mol. The molecule has 0 saturated carbocycles. The number of phenols is 1. The van der Waals surface area contributed by atoms with Crippen LogP contribution in [-0.2, 0) is 0 Å². The van der Waals surface area contributed by atoms with Crippen LogP contribution >= 0.6 is 11.8 Å². The summed E-state index contributed by atoms with van der Waals surface area (Å²) in [5.74, 6) is 0.323. The Hall–Kier alpha value is -1.48. The van der Waals surface area contributed by atoms with Gasteiger partial charge in [0.2, 0.25) is 0 Å². The third-order valence-corrected chi connectivity index (χ3v) is 4.03. The third kappa shape index (κ3) is 1.80. The second-order valence-corrected chi connectivity index (χ2v) is 5.68. The number of thioether (sulfide) groups is 1. The lowest BCUT2D eigenvalue weighted by atomic mass is 10.0. The first-order valence-corrected chi connectivity index (χ1v) is 6.56. The Labute approximate surface area is 104 Å². The molecule has 1 aliphatic rings. The lowest BCUT2D eigenvalue weighted by Crippen LogP contribution is -1.97. The minimum Gasteiger partial charge on any atom is -0.507 e. The summed E-state index contributed by atoms with van der Waals surface area (Å²) in [6.45, 7) is 2.99. The van der Waals surface area contributed by atoms with Crippen LogP contribution < -0.4 is 0 Å². The standard InChI is InChI=1S/C14H13NOS/c1-9-8-15-14(17-9)13-11-5-3-2-4-10(11)6-7-12(13)16/h2-7,9,16H,8H2,1H3/t9-/m1/s1. The average molecular weight is 243 g/mol. The number of rotatable bonds is 1. The van der Waals surface area contributed by atoms with E-state index in [4.69, 9.17) is 0 Å². The van der Waals surface area contributed by atoms with E-state index in [-0.39, 0.29) is 0 Å². The highest BCUT2D eigenvalue weighted by Crippen LogP contribution is 2.34. The minimum absolute atomic E-state index is 0.323. The van der Waals surface area contributed by atoms with Gasteiger partial charge >= 0.3 is 0 Å². The zero-order valence-electron chi connectivity index (χ0n) is 9.55. The van der Waals surface area contributed by atoms with E-state index in [0.717, 1.165) is 27.9 Å². The van der Waals surface area contributed by atoms with E-state index in [2.05, 4.69) is 18.0 Å². The Morgan fingerprint density at radius 1 is 1.24 bits per heavy atom. The van der Waals surface area contributed by atoms with Crippen LogP contribution in [0.15, 0.2) is 41.4 Å². The highest BCUT2D eigenvalue weighted by atomic mass is 32.2. The number of fused-ring (bicyclic) bond motifs is 1. The molecule has 1 atom stereocenters. The molecule has 2 aromatic rings. The molecule has 86 valence electrons. The van der Waals surface area contributed by atoms with Gasteiger partial charge in [-0.1, -0.05) is 37.3 Å². The maximum Gasteiger partial charge on any atom is 0.126 e. The molecule has 3 heteroatoms. The summed E-state index contributed by atoms with van der Waals surface area (Å²) < 4.78 is 0. The van der Waals surface area contributed by atoms with Gasteiger partial charge in [0, 0.05) is 5.25 Å². The highest BCUT2D eigenvalue weighted by Gasteiger charge is 2.20. The molecule has 0 aliphatic carbocycles. The molecule has 0 spiro atoms. The average Bonchev–Trinajstić information content (AvgIpc) is 2.75. The quantitative estimate of drug-likeness (QED) is 0.832. The lowest BCUT2D eigenvalue weighted by Gasteiger charge is -2.09. The summed E-state index contributed by atoms with van der Waals surface area (Å²) in [7, 11) is 0. The Bertz CT molecular complexity index is 606. The summed E-state index contributed by atoms with van der Waals surface area (Å²) in [6, 6.07) is 11.8. The van der Waals surface area contributed by atoms with Crippen LogP contribution in [0.5, 0.6) is 5.75 Å². The van der Waals surface area contributed by atoms with Gasteiger partial charge in [-0.3, -0.25) is 4.99 Å². The van der Waals surface area contributed by atoms with E-state index >= 15 is 0 Å². The van der Waals surface area contributed by atoms with Gasteiger partial charge < -0.3 is 5.11 Å². The number of aromatic hydroxyl groups is 1. The van der Waals surface area contributed by atoms with Gasteiger partial charge in [-0.05, 0) is 16.8 Å². The van der Waals surface area contributed by atoms with Crippen LogP contribution in [0.4, 0.5) is 0 Å². The van der Waals surface area contributed by atoms with Crippen molar-refractivity contribution in [3.05, 3.63) is 42.0 Å². The lowest BCUT2D eigenvalue weighted by molar-refractivity contribution is 0.475. The van der Waals surface area contributed by atoms with Crippen molar-refractivity contribution < 1.29 is 5.11 Å². The van der Waals surface area contributed by atoms with Gasteiger partial charge in [0.15, 0.2) is 0 Å². The first-order valence-electron chi connectivity index (χ1n) is 5.68. The van der Waals surface area contributed by atoms with E-state index < -0.39 is 0 Å². The number of aliphatic imine (C=N–C) groups is 1. The van der Waals surface area contributed by atoms with Crippen molar-refractivity contribution in [1.29, 1.82) is 0 Å². The van der Waals surface area contributed by atoms with Crippen LogP contribution in [0, 0.1) is 0 Å². The predicted octanol–water partition coefficient (Wildman–Crippen LogP) is 3.43. The summed E-state index contributed by atoms with van der Waals surface area (Å²) in [4.78, 5) is 4.52. The number of phenolic OH excluding ortho intramolecular Hbond substituents is 1. The van der Waals surface area contributed by atoms with Crippen molar-refractivity contribution in [2.24, 2.45) is 4.99 Å². The summed E-state index contributed by atoms with van der Waals surface area (Å²) >= 11 is 1.74. The molecule has 0 bridgehead atoms. The SMILES string of the molecule is C[C@@H]1CN=C(c2c(O)ccc3ccccc23)S1. The maximum atomic E-state index is 10.1. The highest BCUT2D eigenvalue weighted by molar-refractivity contribution is 8.15. The van der Waals surface area contributed by atoms with E-state index in [1.54, 1.807) is 17.8 Å². The fourth-order valence-electron chi connectivity index (χ4n) is 2.10. The van der Waals surface area contributed by atoms with Crippen LogP contribution in [0.2, 0.25) is 0 Å². The van der Waals surface area contributed by atoms with Crippen LogP contribution in [0.3, 0.4) is 0 Å². The Kier molecular flexibility index (Phi) is 2.56. The zero-order valence-corrected chi connectivity index (χ0v) is 10.4. The van der Waals surface area contributed by atoms with Gasteiger partial charge in [-0.2, -0.15) is 0 Å². The largest absolute Gasteiger partial charge is 0.507 e. The van der Waals surface area contributed by atoms with Crippen molar-refractivity contribution in [2.75, 3.05) is 6.54 Å². The van der Waals surface area contributed by atoms with Crippen LogP contribution in [0.1, 0.15) is 12.5 Å². The number of hydrogen-bond donors (Lipinski definition) is 1. The molecule has 0 aromatic heterocycles. The van der Waals surface area contributed by atoms with Crippen molar-refractivity contribution in [3.63, 3.8) is 0 Å². The van der Waals surface area contributed by atoms with Gasteiger partial charge in [0.25, 0.3) is 0 Å². The van der Waals surface area contributed by atoms with Gasteiger partial charge in [0.1, 0.15) is 10.8 Å². The molecule has 17 heavy (non-hydrogen) atoms. The van der Waals surface area contributed by atoms with Gasteiger partial charge in [0.05, 0.1) is 12.1 Å². The fraction of sp³-hybridized carbons (Fsp3) is 0.214. The molecule has 0 amide bonds. The molecule has 0 saturated heterocycles. The molecule has 0 fully saturated rings. The smallest absolute Gasteiger partial charge is 0.126 e. The molecule has 1 aliphatic heterocycles. The Morgan fingerprint density at radius 2 is 2.06 bits per heavy atom. The molecule has 3 rings (SSSR count). The predicted molar refractivity (Wildman–Crippen MR) is 74.1 cm³/mol. The number of benzene rings is 2.